The van der Waals surface area contributed by atoms with Crippen LogP contribution in [0.15, 0.2) is 16.6 Å². The number of halogens is 1. The van der Waals surface area contributed by atoms with E-state index in [0.29, 0.717) is 5.69 Å². The van der Waals surface area contributed by atoms with Gasteiger partial charge in [0.15, 0.2) is 0 Å². The van der Waals surface area contributed by atoms with Crippen LogP contribution in [0.2, 0.25) is 0 Å². The first-order valence-corrected chi connectivity index (χ1v) is 6.37. The molecule has 0 aliphatic heterocycles. The van der Waals surface area contributed by atoms with Crippen LogP contribution < -0.4 is 4.74 Å². The summed E-state index contributed by atoms with van der Waals surface area (Å²) >= 11 is 3.49. The summed E-state index contributed by atoms with van der Waals surface area (Å²) in [4.78, 5) is 10.9. The maximum absolute atomic E-state index is 10.9. The highest BCUT2D eigenvalue weighted by Crippen LogP contribution is 2.38. The van der Waals surface area contributed by atoms with Gasteiger partial charge in [0.05, 0.1) is 12.8 Å². The highest BCUT2D eigenvalue weighted by Gasteiger charge is 2.17. The molecule has 0 amide bonds. The number of nitrogens with zero attached hydrogens (tertiary/aromatic N) is 1. The van der Waals surface area contributed by atoms with Crippen molar-refractivity contribution in [3.8, 4) is 17.0 Å². The maximum Gasteiger partial charge on any atom is 0.353 e. The second kappa shape index (κ2) is 5.05. The summed E-state index contributed by atoms with van der Waals surface area (Å²) in [5.41, 5.74) is 3.37. The molecule has 2 aromatic rings. The number of rotatable bonds is 3. The number of aromatic amines is 1. The van der Waals surface area contributed by atoms with Gasteiger partial charge in [-0.3, -0.25) is 5.10 Å². The van der Waals surface area contributed by atoms with E-state index in [2.05, 4.69) is 26.1 Å². The van der Waals surface area contributed by atoms with Crippen LogP contribution in [0.3, 0.4) is 0 Å². The summed E-state index contributed by atoms with van der Waals surface area (Å²) in [6, 6.07) is 3.43. The molecular weight excluding hydrogens is 312 g/mol. The lowest BCUT2D eigenvalue weighted by Crippen LogP contribution is -1.95. The molecule has 6 heteroatoms. The predicted molar refractivity (Wildman–Crippen MR) is 74.7 cm³/mol. The Labute approximate surface area is 118 Å². The number of carboxylic acids is 1. The van der Waals surface area contributed by atoms with E-state index >= 15 is 0 Å². The van der Waals surface area contributed by atoms with Crippen molar-refractivity contribution in [2.75, 3.05) is 7.11 Å². The summed E-state index contributed by atoms with van der Waals surface area (Å²) in [6.07, 6.45) is 0. The molecule has 0 saturated carbocycles. The second-order valence-corrected chi connectivity index (χ2v) is 5.03. The molecule has 100 valence electrons. The fourth-order valence-electron chi connectivity index (χ4n) is 2.10. The van der Waals surface area contributed by atoms with Crippen molar-refractivity contribution < 1.29 is 14.6 Å². The van der Waals surface area contributed by atoms with Gasteiger partial charge in [0.2, 0.25) is 0 Å². The number of aromatic carboxylic acids is 1. The molecule has 0 fully saturated rings. The zero-order valence-electron chi connectivity index (χ0n) is 10.7. The second-order valence-electron chi connectivity index (χ2n) is 4.18. The molecule has 1 aromatic carbocycles. The van der Waals surface area contributed by atoms with Crippen molar-refractivity contribution in [1.82, 2.24) is 10.2 Å². The predicted octanol–water partition coefficient (Wildman–Crippen LogP) is 3.16. The van der Waals surface area contributed by atoms with Gasteiger partial charge in [-0.1, -0.05) is 15.9 Å². The fourth-order valence-corrected chi connectivity index (χ4v) is 2.95. The number of H-pyrrole nitrogens is 1. The monoisotopic (exact) mass is 324 g/mol. The molecule has 0 atom stereocenters. The van der Waals surface area contributed by atoms with Gasteiger partial charge in [-0.2, -0.15) is 5.10 Å². The first kappa shape index (κ1) is 13.6. The van der Waals surface area contributed by atoms with Crippen molar-refractivity contribution in [3.05, 3.63) is 33.4 Å². The molecule has 2 rings (SSSR count). The van der Waals surface area contributed by atoms with Gasteiger partial charge in [-0.05, 0) is 31.5 Å². The van der Waals surface area contributed by atoms with E-state index in [1.807, 2.05) is 19.9 Å². The Kier molecular flexibility index (Phi) is 3.61. The fraction of sp³-hybridized carbons (Fsp3) is 0.231. The quantitative estimate of drug-likeness (QED) is 0.909. The standard InChI is InChI=1S/C13H13BrN2O3/c1-6-4-8(14)11(7(2)12(6)19-3)9-5-10(13(17)18)16-15-9/h4-5H,1-3H3,(H,15,16)(H,17,18). The van der Waals surface area contributed by atoms with E-state index in [-0.39, 0.29) is 5.69 Å². The van der Waals surface area contributed by atoms with Crippen molar-refractivity contribution >= 4 is 21.9 Å². The van der Waals surface area contributed by atoms with E-state index in [1.54, 1.807) is 7.11 Å². The van der Waals surface area contributed by atoms with E-state index in [1.165, 1.54) is 6.07 Å². The highest BCUT2D eigenvalue weighted by atomic mass is 79.9. The molecule has 19 heavy (non-hydrogen) atoms. The summed E-state index contributed by atoms with van der Waals surface area (Å²) in [5.74, 6) is -0.260. The lowest BCUT2D eigenvalue weighted by Gasteiger charge is -2.13. The van der Waals surface area contributed by atoms with Crippen molar-refractivity contribution in [1.29, 1.82) is 0 Å². The van der Waals surface area contributed by atoms with Gasteiger partial charge < -0.3 is 9.84 Å². The first-order chi connectivity index (χ1) is 8.95. The molecule has 0 spiro atoms. The zero-order chi connectivity index (χ0) is 14.2. The van der Waals surface area contributed by atoms with Crippen molar-refractivity contribution in [3.63, 3.8) is 0 Å². The van der Waals surface area contributed by atoms with Crippen molar-refractivity contribution in [2.45, 2.75) is 13.8 Å². The minimum Gasteiger partial charge on any atom is -0.496 e. The number of hydrogen-bond acceptors (Lipinski definition) is 3. The maximum atomic E-state index is 10.9. The minimum absolute atomic E-state index is 0.0563. The van der Waals surface area contributed by atoms with Gasteiger partial charge in [-0.25, -0.2) is 4.79 Å². The topological polar surface area (TPSA) is 75.2 Å². The normalized spacial score (nSPS) is 10.5. The third kappa shape index (κ3) is 2.35. The number of aryl methyl sites for hydroxylation is 1. The Bertz CT molecular complexity index is 650. The number of benzene rings is 1. The molecule has 2 N–H and O–H groups in total. The number of carbonyl (C=O) groups is 1. The molecule has 0 radical (unpaired) electrons. The molecule has 1 aromatic heterocycles. The average molecular weight is 325 g/mol. The Balaban J connectivity index is 2.64. The largest absolute Gasteiger partial charge is 0.496 e. The Morgan fingerprint density at radius 2 is 2.11 bits per heavy atom. The van der Waals surface area contributed by atoms with Crippen LogP contribution in [0.4, 0.5) is 0 Å². The van der Waals surface area contributed by atoms with Crippen LogP contribution in [0.1, 0.15) is 21.6 Å². The first-order valence-electron chi connectivity index (χ1n) is 5.58. The molecule has 0 aliphatic carbocycles. The smallest absolute Gasteiger partial charge is 0.353 e. The van der Waals surface area contributed by atoms with Crippen LogP contribution in [0.5, 0.6) is 5.75 Å². The molecular formula is C13H13BrN2O3. The Morgan fingerprint density at radius 3 is 2.63 bits per heavy atom. The number of carboxylic acid groups (broad SMARTS) is 1. The van der Waals surface area contributed by atoms with Crippen LogP contribution in [-0.2, 0) is 0 Å². The van der Waals surface area contributed by atoms with Crippen LogP contribution in [-0.4, -0.2) is 28.4 Å². The van der Waals surface area contributed by atoms with Crippen molar-refractivity contribution in [2.24, 2.45) is 0 Å². The highest BCUT2D eigenvalue weighted by molar-refractivity contribution is 9.10. The zero-order valence-corrected chi connectivity index (χ0v) is 12.3. The molecule has 0 saturated heterocycles. The van der Waals surface area contributed by atoms with E-state index < -0.39 is 5.97 Å². The summed E-state index contributed by atoms with van der Waals surface area (Å²) in [7, 11) is 1.61. The number of methoxy groups -OCH3 is 1. The van der Waals surface area contributed by atoms with Gasteiger partial charge in [0.25, 0.3) is 0 Å². The van der Waals surface area contributed by atoms with E-state index in [0.717, 1.165) is 26.9 Å². The lowest BCUT2D eigenvalue weighted by atomic mass is 10.0. The van der Waals surface area contributed by atoms with Gasteiger partial charge in [0, 0.05) is 15.6 Å². The molecule has 1 heterocycles. The average Bonchev–Trinajstić information content (AvgIpc) is 2.78. The number of ether oxygens (including phenoxy) is 1. The van der Waals surface area contributed by atoms with Crippen LogP contribution >= 0.6 is 15.9 Å². The van der Waals surface area contributed by atoms with Gasteiger partial charge >= 0.3 is 5.97 Å². The third-order valence-electron chi connectivity index (χ3n) is 2.92. The van der Waals surface area contributed by atoms with E-state index in [4.69, 9.17) is 9.84 Å². The number of hydrogen-bond donors (Lipinski definition) is 2. The van der Waals surface area contributed by atoms with Crippen LogP contribution in [0.25, 0.3) is 11.3 Å². The van der Waals surface area contributed by atoms with Crippen LogP contribution in [0, 0.1) is 13.8 Å². The SMILES string of the molecule is COc1c(C)cc(Br)c(-c2cc(C(=O)O)[nH]n2)c1C. The summed E-state index contributed by atoms with van der Waals surface area (Å²) in [5, 5.41) is 15.5. The van der Waals surface area contributed by atoms with E-state index in [9.17, 15) is 4.79 Å². The number of nitrogens with one attached hydrogen (secondary N) is 1. The molecule has 5 nitrogen and oxygen atoms in total. The number of aromatic nitrogens is 2. The minimum atomic E-state index is -1.04. The summed E-state index contributed by atoms with van der Waals surface area (Å²) < 4.78 is 6.23. The molecule has 0 aliphatic rings. The molecule has 0 bridgehead atoms. The molecule has 0 unspecified atom stereocenters. The Hall–Kier alpha value is -1.82. The Morgan fingerprint density at radius 1 is 1.42 bits per heavy atom. The van der Waals surface area contributed by atoms with Gasteiger partial charge in [-0.15, -0.1) is 0 Å². The third-order valence-corrected chi connectivity index (χ3v) is 3.55. The van der Waals surface area contributed by atoms with Gasteiger partial charge in [0.1, 0.15) is 11.4 Å². The lowest BCUT2D eigenvalue weighted by molar-refractivity contribution is 0.0690. The summed E-state index contributed by atoms with van der Waals surface area (Å²) in [6.45, 7) is 3.87.